The van der Waals surface area contributed by atoms with E-state index in [1.807, 2.05) is 16.8 Å². The number of thiophene rings is 1. The molecule has 0 bridgehead atoms. The third-order valence-electron chi connectivity index (χ3n) is 3.29. The van der Waals surface area contributed by atoms with Gasteiger partial charge >= 0.3 is 0 Å². The molecule has 0 spiro atoms. The molecule has 1 aromatic rings. The summed E-state index contributed by atoms with van der Waals surface area (Å²) in [5, 5.41) is 16.6. The number of amides is 1. The van der Waals surface area contributed by atoms with E-state index in [2.05, 4.69) is 5.32 Å². The normalized spacial score (nSPS) is 27.3. The summed E-state index contributed by atoms with van der Waals surface area (Å²) >= 11 is 1.62. The number of halogens is 1. The lowest BCUT2D eigenvalue weighted by Gasteiger charge is -2.29. The van der Waals surface area contributed by atoms with Crippen LogP contribution < -0.4 is 11.1 Å². The van der Waals surface area contributed by atoms with E-state index in [9.17, 15) is 9.90 Å². The van der Waals surface area contributed by atoms with Gasteiger partial charge in [-0.05, 0) is 41.7 Å². The fourth-order valence-corrected chi connectivity index (χ4v) is 2.80. The van der Waals surface area contributed by atoms with E-state index in [0.29, 0.717) is 13.0 Å². The Kier molecular flexibility index (Phi) is 6.08. The second-order valence-corrected chi connectivity index (χ2v) is 5.37. The molecule has 1 aliphatic carbocycles. The van der Waals surface area contributed by atoms with Crippen LogP contribution in [-0.4, -0.2) is 23.2 Å². The molecule has 1 heterocycles. The summed E-state index contributed by atoms with van der Waals surface area (Å²) in [6.07, 6.45) is 1.43. The molecule has 2 rings (SSSR count). The maximum Gasteiger partial charge on any atom is 0.223 e. The first-order chi connectivity index (χ1) is 8.16. The molecule has 1 amide bonds. The maximum absolute atomic E-state index is 11.9. The van der Waals surface area contributed by atoms with Crippen LogP contribution in [0.15, 0.2) is 16.8 Å². The van der Waals surface area contributed by atoms with Crippen LogP contribution in [0, 0.1) is 5.92 Å². The third kappa shape index (κ3) is 3.95. The van der Waals surface area contributed by atoms with Gasteiger partial charge in [0.15, 0.2) is 0 Å². The molecule has 0 saturated heterocycles. The van der Waals surface area contributed by atoms with Crippen molar-refractivity contribution in [3.8, 4) is 0 Å². The van der Waals surface area contributed by atoms with Crippen molar-refractivity contribution < 1.29 is 9.90 Å². The Bertz CT molecular complexity index is 372. The van der Waals surface area contributed by atoms with Crippen LogP contribution in [0.3, 0.4) is 0 Å². The van der Waals surface area contributed by atoms with Crippen molar-refractivity contribution >= 4 is 29.7 Å². The minimum Gasteiger partial charge on any atom is -0.391 e. The van der Waals surface area contributed by atoms with Crippen molar-refractivity contribution in [3.63, 3.8) is 0 Å². The molecule has 102 valence electrons. The predicted octanol–water partition coefficient (Wildman–Crippen LogP) is 1.27. The van der Waals surface area contributed by atoms with Gasteiger partial charge in [0, 0.05) is 18.5 Å². The average molecular weight is 291 g/mol. The third-order valence-corrected chi connectivity index (χ3v) is 4.02. The molecule has 6 heteroatoms. The van der Waals surface area contributed by atoms with Gasteiger partial charge in [0.05, 0.1) is 6.10 Å². The lowest BCUT2D eigenvalue weighted by Crippen LogP contribution is -2.44. The van der Waals surface area contributed by atoms with E-state index in [4.69, 9.17) is 5.73 Å². The van der Waals surface area contributed by atoms with Gasteiger partial charge in [-0.25, -0.2) is 0 Å². The zero-order chi connectivity index (χ0) is 12.3. The van der Waals surface area contributed by atoms with Gasteiger partial charge < -0.3 is 16.2 Å². The van der Waals surface area contributed by atoms with Crippen LogP contribution in [0.1, 0.15) is 24.8 Å². The Balaban J connectivity index is 0.00000162. The highest BCUT2D eigenvalue weighted by atomic mass is 35.5. The van der Waals surface area contributed by atoms with Crippen molar-refractivity contribution in [2.24, 2.45) is 11.7 Å². The number of aliphatic hydroxyl groups excluding tert-OH is 1. The first kappa shape index (κ1) is 15.4. The SMILES string of the molecule is Cl.N[C@H]1CC[C@H](C(=O)NCc2ccsc2)C[C@@H]1O. The molecule has 18 heavy (non-hydrogen) atoms. The monoisotopic (exact) mass is 290 g/mol. The van der Waals surface area contributed by atoms with E-state index < -0.39 is 6.10 Å². The van der Waals surface area contributed by atoms with E-state index in [1.165, 1.54) is 0 Å². The molecular formula is C12H19ClN2O2S. The van der Waals surface area contributed by atoms with Crippen molar-refractivity contribution in [1.29, 1.82) is 0 Å². The Morgan fingerprint density at radius 1 is 1.56 bits per heavy atom. The minimum absolute atomic E-state index is 0. The van der Waals surface area contributed by atoms with Gasteiger partial charge in [-0.15, -0.1) is 12.4 Å². The van der Waals surface area contributed by atoms with Gasteiger partial charge in [-0.3, -0.25) is 4.79 Å². The van der Waals surface area contributed by atoms with Crippen molar-refractivity contribution in [3.05, 3.63) is 22.4 Å². The number of carbonyl (C=O) groups excluding carboxylic acids is 1. The molecular weight excluding hydrogens is 272 g/mol. The lowest BCUT2D eigenvalue weighted by molar-refractivity contribution is -0.127. The maximum atomic E-state index is 11.9. The van der Waals surface area contributed by atoms with Crippen LogP contribution in [0.5, 0.6) is 0 Å². The molecule has 0 aromatic carbocycles. The number of aliphatic hydroxyl groups is 1. The van der Waals surface area contributed by atoms with Crippen molar-refractivity contribution in [2.45, 2.75) is 38.0 Å². The summed E-state index contributed by atoms with van der Waals surface area (Å²) in [5.74, 6) is -0.0643. The second-order valence-electron chi connectivity index (χ2n) is 4.59. The zero-order valence-electron chi connectivity index (χ0n) is 10.0. The molecule has 4 N–H and O–H groups in total. The van der Waals surface area contributed by atoms with Gasteiger partial charge in [-0.1, -0.05) is 0 Å². The van der Waals surface area contributed by atoms with Crippen LogP contribution in [0.4, 0.5) is 0 Å². The Morgan fingerprint density at radius 3 is 2.94 bits per heavy atom. The number of hydrogen-bond acceptors (Lipinski definition) is 4. The summed E-state index contributed by atoms with van der Waals surface area (Å²) in [7, 11) is 0. The topological polar surface area (TPSA) is 75.4 Å². The van der Waals surface area contributed by atoms with Crippen molar-refractivity contribution in [2.75, 3.05) is 0 Å². The molecule has 1 aliphatic rings. The van der Waals surface area contributed by atoms with Crippen LogP contribution in [0.25, 0.3) is 0 Å². The fraction of sp³-hybridized carbons (Fsp3) is 0.583. The zero-order valence-corrected chi connectivity index (χ0v) is 11.7. The van der Waals surface area contributed by atoms with E-state index >= 15 is 0 Å². The predicted molar refractivity (Wildman–Crippen MR) is 74.7 cm³/mol. The summed E-state index contributed by atoms with van der Waals surface area (Å²) in [5.41, 5.74) is 6.83. The molecule has 0 unspecified atom stereocenters. The molecule has 4 nitrogen and oxygen atoms in total. The van der Waals surface area contributed by atoms with Crippen LogP contribution >= 0.6 is 23.7 Å². The Hall–Kier alpha value is -0.620. The largest absolute Gasteiger partial charge is 0.391 e. The highest BCUT2D eigenvalue weighted by Crippen LogP contribution is 2.23. The molecule has 1 fully saturated rings. The van der Waals surface area contributed by atoms with Crippen LogP contribution in [-0.2, 0) is 11.3 Å². The summed E-state index contributed by atoms with van der Waals surface area (Å²) in [6.45, 7) is 0.570. The smallest absolute Gasteiger partial charge is 0.223 e. The Labute approximate surface area is 117 Å². The number of carbonyl (C=O) groups is 1. The molecule has 1 aromatic heterocycles. The summed E-state index contributed by atoms with van der Waals surface area (Å²) < 4.78 is 0. The number of nitrogens with two attached hydrogens (primary N) is 1. The molecule has 0 aliphatic heterocycles. The highest BCUT2D eigenvalue weighted by Gasteiger charge is 2.30. The number of hydrogen-bond donors (Lipinski definition) is 3. The first-order valence-corrected chi connectivity index (χ1v) is 6.83. The quantitative estimate of drug-likeness (QED) is 0.785. The minimum atomic E-state index is -0.541. The van der Waals surface area contributed by atoms with Gasteiger partial charge in [-0.2, -0.15) is 11.3 Å². The lowest BCUT2D eigenvalue weighted by atomic mass is 9.84. The van der Waals surface area contributed by atoms with E-state index in [-0.39, 0.29) is 30.3 Å². The molecule has 1 saturated carbocycles. The Morgan fingerprint density at radius 2 is 2.33 bits per heavy atom. The number of nitrogens with one attached hydrogen (secondary N) is 1. The molecule has 3 atom stereocenters. The van der Waals surface area contributed by atoms with E-state index in [1.54, 1.807) is 11.3 Å². The van der Waals surface area contributed by atoms with Gasteiger partial charge in [0.25, 0.3) is 0 Å². The van der Waals surface area contributed by atoms with Crippen LogP contribution in [0.2, 0.25) is 0 Å². The van der Waals surface area contributed by atoms with Gasteiger partial charge in [0.2, 0.25) is 5.91 Å². The first-order valence-electron chi connectivity index (χ1n) is 5.89. The average Bonchev–Trinajstić information content (AvgIpc) is 2.82. The van der Waals surface area contributed by atoms with E-state index in [0.717, 1.165) is 18.4 Å². The van der Waals surface area contributed by atoms with Crippen molar-refractivity contribution in [1.82, 2.24) is 5.32 Å². The highest BCUT2D eigenvalue weighted by molar-refractivity contribution is 7.07. The standard InChI is InChI=1S/C12H18N2O2S.ClH/c13-10-2-1-9(5-11(10)15)12(16)14-6-8-3-4-17-7-8;/h3-4,7,9-11,15H,1-2,5-6,13H2,(H,14,16);1H/t9-,10-,11-;/m0./s1. The summed E-state index contributed by atoms with van der Waals surface area (Å²) in [4.78, 5) is 11.9. The summed E-state index contributed by atoms with van der Waals surface area (Å²) in [6, 6.07) is 1.83. The number of rotatable bonds is 3. The fourth-order valence-electron chi connectivity index (χ4n) is 2.14. The molecule has 0 radical (unpaired) electrons. The second kappa shape index (κ2) is 7.09. The van der Waals surface area contributed by atoms with Gasteiger partial charge in [0.1, 0.15) is 0 Å².